The molecule has 2 heterocycles. The maximum atomic E-state index is 13.1. The first-order valence-corrected chi connectivity index (χ1v) is 9.52. The Labute approximate surface area is 172 Å². The molecule has 1 aromatic heterocycles. The number of aromatic amines is 1. The molecule has 2 N–H and O–H groups in total. The van der Waals surface area contributed by atoms with Crippen LogP contribution in [0.3, 0.4) is 0 Å². The summed E-state index contributed by atoms with van der Waals surface area (Å²) >= 11 is 3.42. The van der Waals surface area contributed by atoms with E-state index in [9.17, 15) is 18.0 Å². The van der Waals surface area contributed by atoms with Gasteiger partial charge in [0.05, 0.1) is 16.2 Å². The molecule has 1 amide bonds. The highest BCUT2D eigenvalue weighted by molar-refractivity contribution is 9.10. The SMILES string of the molecule is O=C1CC(c2ccc(OCc3ccccc3C(F)(F)F)c(Br)c2)c2cn[nH]c2N1. The number of hydrogen-bond donors (Lipinski definition) is 2. The minimum atomic E-state index is -4.44. The Morgan fingerprint density at radius 3 is 2.76 bits per heavy atom. The van der Waals surface area contributed by atoms with Gasteiger partial charge in [0, 0.05) is 23.5 Å². The number of rotatable bonds is 4. The Kier molecular flexibility index (Phi) is 5.08. The average Bonchev–Trinajstić information content (AvgIpc) is 3.14. The van der Waals surface area contributed by atoms with Crippen LogP contribution >= 0.6 is 15.9 Å². The number of carbonyl (C=O) groups is 1. The summed E-state index contributed by atoms with van der Waals surface area (Å²) in [6, 6.07) is 10.6. The standard InChI is InChI=1S/C20H15BrF3N3O2/c21-16-7-11(13-8-18(28)26-19-14(13)9-25-27-19)5-6-17(16)29-10-12-3-1-2-4-15(12)20(22,23)24/h1-7,9,13H,8,10H2,(H2,25,26,27,28). The Morgan fingerprint density at radius 2 is 2.00 bits per heavy atom. The van der Waals surface area contributed by atoms with Gasteiger partial charge in [0.25, 0.3) is 0 Å². The molecule has 1 aliphatic heterocycles. The van der Waals surface area contributed by atoms with Crippen molar-refractivity contribution >= 4 is 27.7 Å². The highest BCUT2D eigenvalue weighted by Gasteiger charge is 2.33. The van der Waals surface area contributed by atoms with Crippen molar-refractivity contribution in [3.63, 3.8) is 0 Å². The molecule has 2 aromatic carbocycles. The Morgan fingerprint density at radius 1 is 1.21 bits per heavy atom. The monoisotopic (exact) mass is 465 g/mol. The molecule has 0 fully saturated rings. The summed E-state index contributed by atoms with van der Waals surface area (Å²) in [7, 11) is 0. The van der Waals surface area contributed by atoms with E-state index in [1.165, 1.54) is 12.1 Å². The lowest BCUT2D eigenvalue weighted by atomic mass is 9.87. The summed E-state index contributed by atoms with van der Waals surface area (Å²) in [4.78, 5) is 11.9. The zero-order chi connectivity index (χ0) is 20.6. The fourth-order valence-corrected chi connectivity index (χ4v) is 3.88. The van der Waals surface area contributed by atoms with E-state index in [0.29, 0.717) is 16.0 Å². The zero-order valence-corrected chi connectivity index (χ0v) is 16.5. The van der Waals surface area contributed by atoms with Crippen molar-refractivity contribution in [2.24, 2.45) is 0 Å². The van der Waals surface area contributed by atoms with E-state index in [4.69, 9.17) is 4.74 Å². The molecule has 0 spiro atoms. The van der Waals surface area contributed by atoms with E-state index in [2.05, 4.69) is 31.4 Å². The van der Waals surface area contributed by atoms with Gasteiger partial charge >= 0.3 is 6.18 Å². The number of aromatic nitrogens is 2. The number of halogens is 4. The molecular formula is C20H15BrF3N3O2. The number of H-pyrrole nitrogens is 1. The van der Waals surface area contributed by atoms with Gasteiger partial charge in [-0.1, -0.05) is 24.3 Å². The smallest absolute Gasteiger partial charge is 0.416 e. The third-order valence-corrected chi connectivity index (χ3v) is 5.38. The van der Waals surface area contributed by atoms with E-state index in [-0.39, 0.29) is 30.4 Å². The minimum Gasteiger partial charge on any atom is -0.488 e. The van der Waals surface area contributed by atoms with Crippen LogP contribution in [0.5, 0.6) is 5.75 Å². The summed E-state index contributed by atoms with van der Waals surface area (Å²) in [6.07, 6.45) is -2.49. The molecule has 29 heavy (non-hydrogen) atoms. The van der Waals surface area contributed by atoms with Crippen LogP contribution < -0.4 is 10.1 Å². The van der Waals surface area contributed by atoms with Gasteiger partial charge in [-0.2, -0.15) is 18.3 Å². The molecule has 1 unspecified atom stereocenters. The normalized spacial score (nSPS) is 16.3. The van der Waals surface area contributed by atoms with Crippen molar-refractivity contribution < 1.29 is 22.7 Å². The van der Waals surface area contributed by atoms with E-state index in [0.717, 1.165) is 17.2 Å². The molecule has 150 valence electrons. The van der Waals surface area contributed by atoms with Gasteiger partial charge < -0.3 is 10.1 Å². The largest absolute Gasteiger partial charge is 0.488 e. The van der Waals surface area contributed by atoms with Gasteiger partial charge in [-0.05, 0) is 39.7 Å². The molecule has 1 aliphatic rings. The van der Waals surface area contributed by atoms with Crippen molar-refractivity contribution in [2.75, 3.05) is 5.32 Å². The number of nitrogens with one attached hydrogen (secondary N) is 2. The van der Waals surface area contributed by atoms with Crippen LogP contribution in [0.2, 0.25) is 0 Å². The van der Waals surface area contributed by atoms with E-state index < -0.39 is 11.7 Å². The molecule has 0 aliphatic carbocycles. The van der Waals surface area contributed by atoms with Crippen molar-refractivity contribution in [3.8, 4) is 5.75 Å². The lowest BCUT2D eigenvalue weighted by molar-refractivity contribution is -0.138. The quantitative estimate of drug-likeness (QED) is 0.553. The summed E-state index contributed by atoms with van der Waals surface area (Å²) in [5, 5.41) is 9.47. The number of carbonyl (C=O) groups excluding carboxylic acids is 1. The zero-order valence-electron chi connectivity index (χ0n) is 14.9. The van der Waals surface area contributed by atoms with Crippen LogP contribution in [-0.4, -0.2) is 16.1 Å². The van der Waals surface area contributed by atoms with Gasteiger partial charge in [0.2, 0.25) is 5.91 Å². The second-order valence-corrected chi connectivity index (χ2v) is 7.49. The van der Waals surface area contributed by atoms with Crippen molar-refractivity contribution in [3.05, 3.63) is 75.4 Å². The molecule has 0 radical (unpaired) electrons. The summed E-state index contributed by atoms with van der Waals surface area (Å²) in [6.45, 7) is -0.217. The maximum Gasteiger partial charge on any atom is 0.416 e. The van der Waals surface area contributed by atoms with Crippen LogP contribution in [0, 0.1) is 0 Å². The second-order valence-electron chi connectivity index (χ2n) is 6.64. The first-order chi connectivity index (χ1) is 13.8. The number of hydrogen-bond acceptors (Lipinski definition) is 3. The maximum absolute atomic E-state index is 13.1. The van der Waals surface area contributed by atoms with E-state index >= 15 is 0 Å². The number of amides is 1. The highest BCUT2D eigenvalue weighted by atomic mass is 79.9. The number of nitrogens with zero attached hydrogens (tertiary/aromatic N) is 1. The van der Waals surface area contributed by atoms with Gasteiger partial charge in [-0.15, -0.1) is 0 Å². The molecule has 0 saturated heterocycles. The fourth-order valence-electron chi connectivity index (χ4n) is 3.37. The third-order valence-electron chi connectivity index (χ3n) is 4.76. The van der Waals surface area contributed by atoms with Crippen molar-refractivity contribution in [1.29, 1.82) is 0 Å². The lowest BCUT2D eigenvalue weighted by Crippen LogP contribution is -2.22. The number of anilines is 1. The van der Waals surface area contributed by atoms with Gasteiger partial charge in [-0.25, -0.2) is 0 Å². The average molecular weight is 466 g/mol. The van der Waals surface area contributed by atoms with Crippen LogP contribution in [0.4, 0.5) is 19.0 Å². The topological polar surface area (TPSA) is 67.0 Å². The van der Waals surface area contributed by atoms with Crippen LogP contribution in [0.25, 0.3) is 0 Å². The van der Waals surface area contributed by atoms with E-state index in [1.54, 1.807) is 24.4 Å². The van der Waals surface area contributed by atoms with Gasteiger partial charge in [-0.3, -0.25) is 9.89 Å². The number of fused-ring (bicyclic) bond motifs is 1. The molecule has 0 saturated carbocycles. The number of alkyl halides is 3. The second kappa shape index (κ2) is 7.55. The number of ether oxygens (including phenoxy) is 1. The van der Waals surface area contributed by atoms with Crippen LogP contribution in [0.15, 0.2) is 53.1 Å². The van der Waals surface area contributed by atoms with Gasteiger partial charge in [0.1, 0.15) is 18.2 Å². The third kappa shape index (κ3) is 4.00. The molecule has 0 bridgehead atoms. The highest BCUT2D eigenvalue weighted by Crippen LogP contribution is 2.39. The first kappa shape index (κ1) is 19.5. The predicted molar refractivity (Wildman–Crippen MR) is 104 cm³/mol. The van der Waals surface area contributed by atoms with E-state index in [1.807, 2.05) is 6.07 Å². The Bertz CT molecular complexity index is 1070. The Hall–Kier alpha value is -2.81. The molecule has 3 aromatic rings. The van der Waals surface area contributed by atoms with Gasteiger partial charge in [0.15, 0.2) is 0 Å². The van der Waals surface area contributed by atoms with Crippen molar-refractivity contribution in [2.45, 2.75) is 25.1 Å². The lowest BCUT2D eigenvalue weighted by Gasteiger charge is -2.23. The number of benzene rings is 2. The minimum absolute atomic E-state index is 0.0583. The summed E-state index contributed by atoms with van der Waals surface area (Å²) in [5.74, 6) is 0.700. The fraction of sp³-hybridized carbons (Fsp3) is 0.200. The molecule has 1 atom stereocenters. The van der Waals surface area contributed by atoms with Crippen molar-refractivity contribution in [1.82, 2.24) is 10.2 Å². The summed E-state index contributed by atoms with van der Waals surface area (Å²) in [5.41, 5.74) is 1.10. The summed E-state index contributed by atoms with van der Waals surface area (Å²) < 4.78 is 45.6. The predicted octanol–water partition coefficient (Wildman–Crippen LogP) is 5.24. The Balaban J connectivity index is 1.55. The molecule has 4 rings (SSSR count). The first-order valence-electron chi connectivity index (χ1n) is 8.73. The van der Waals surface area contributed by atoms with Crippen LogP contribution in [0.1, 0.15) is 34.6 Å². The van der Waals surface area contributed by atoms with Crippen LogP contribution in [-0.2, 0) is 17.6 Å². The molecule has 9 heteroatoms. The molecular weight excluding hydrogens is 451 g/mol. The molecule has 5 nitrogen and oxygen atoms in total.